The Kier molecular flexibility index (Phi) is 4.65. The second-order valence-electron chi connectivity index (χ2n) is 5.71. The summed E-state index contributed by atoms with van der Waals surface area (Å²) in [5.41, 5.74) is 7.07. The van der Waals surface area contributed by atoms with E-state index < -0.39 is 6.04 Å². The molecule has 0 aliphatic carbocycles. The monoisotopic (exact) mass is 276 g/mol. The molecular weight excluding hydrogens is 252 g/mol. The van der Waals surface area contributed by atoms with Gasteiger partial charge in [0, 0.05) is 12.1 Å². The van der Waals surface area contributed by atoms with Gasteiger partial charge in [-0.1, -0.05) is 19.1 Å². The Bertz CT molecular complexity index is 458. The molecule has 110 valence electrons. The van der Waals surface area contributed by atoms with Gasteiger partial charge >= 0.3 is 0 Å². The topological polar surface area (TPSA) is 66.6 Å². The molecule has 0 radical (unpaired) electrons. The minimum absolute atomic E-state index is 0.0509. The number of nitrogens with two attached hydrogens (primary N) is 1. The molecule has 3 unspecified atom stereocenters. The summed E-state index contributed by atoms with van der Waals surface area (Å²) in [6.07, 6.45) is 3.65. The van der Waals surface area contributed by atoms with Gasteiger partial charge in [0.25, 0.3) is 0 Å². The quantitative estimate of drug-likeness (QED) is 0.884. The molecule has 1 amide bonds. The number of carbonyl (C=O) groups is 1. The Balaban J connectivity index is 2.02. The molecule has 1 aromatic rings. The van der Waals surface area contributed by atoms with Crippen LogP contribution in [0.15, 0.2) is 24.3 Å². The van der Waals surface area contributed by atoms with E-state index in [1.54, 1.807) is 12.1 Å². The molecule has 3 N–H and O–H groups in total. The molecule has 1 heterocycles. The van der Waals surface area contributed by atoms with Gasteiger partial charge in [0.15, 0.2) is 0 Å². The summed E-state index contributed by atoms with van der Waals surface area (Å²) in [6.45, 7) is 4.22. The summed E-state index contributed by atoms with van der Waals surface area (Å²) in [4.78, 5) is 14.5. The molecule has 0 aromatic heterocycles. The van der Waals surface area contributed by atoms with Crippen molar-refractivity contribution >= 4 is 5.91 Å². The van der Waals surface area contributed by atoms with Crippen molar-refractivity contribution in [1.82, 2.24) is 4.90 Å². The van der Waals surface area contributed by atoms with Gasteiger partial charge in [-0.3, -0.25) is 4.79 Å². The summed E-state index contributed by atoms with van der Waals surface area (Å²) >= 11 is 0. The molecule has 4 nitrogen and oxygen atoms in total. The number of benzene rings is 1. The van der Waals surface area contributed by atoms with Crippen molar-refractivity contribution in [1.29, 1.82) is 0 Å². The molecule has 1 aliphatic heterocycles. The number of amides is 1. The molecule has 2 rings (SSSR count). The van der Waals surface area contributed by atoms with Crippen LogP contribution in [-0.4, -0.2) is 34.0 Å². The van der Waals surface area contributed by atoms with Crippen LogP contribution in [0.2, 0.25) is 0 Å². The molecular formula is C16H24N2O2. The normalized spacial score (nSPS) is 23.9. The van der Waals surface area contributed by atoms with E-state index >= 15 is 0 Å². The molecule has 1 aliphatic rings. The third kappa shape index (κ3) is 3.12. The van der Waals surface area contributed by atoms with E-state index in [2.05, 4.69) is 13.8 Å². The lowest BCUT2D eigenvalue weighted by atomic mass is 10.0. The zero-order valence-corrected chi connectivity index (χ0v) is 12.2. The van der Waals surface area contributed by atoms with Crippen LogP contribution in [0.4, 0.5) is 0 Å². The van der Waals surface area contributed by atoms with E-state index in [9.17, 15) is 9.90 Å². The van der Waals surface area contributed by atoms with Gasteiger partial charge in [-0.25, -0.2) is 0 Å². The summed E-state index contributed by atoms with van der Waals surface area (Å²) in [5.74, 6) is 0.280. The van der Waals surface area contributed by atoms with Crippen LogP contribution in [0, 0.1) is 0 Å². The average molecular weight is 276 g/mol. The van der Waals surface area contributed by atoms with Crippen LogP contribution in [0.5, 0.6) is 5.75 Å². The lowest BCUT2D eigenvalue weighted by molar-refractivity contribution is -0.135. The maximum Gasteiger partial charge on any atom is 0.240 e. The molecule has 0 saturated carbocycles. The molecule has 3 atom stereocenters. The average Bonchev–Trinajstić information content (AvgIpc) is 2.81. The maximum absolute atomic E-state index is 12.5. The number of nitrogens with zero attached hydrogens (tertiary/aromatic N) is 1. The molecule has 0 spiro atoms. The summed E-state index contributed by atoms with van der Waals surface area (Å²) in [7, 11) is 0. The standard InChI is InChI=1S/C16H24N2O2/c1-3-13-7-4-11(2)18(13)16(20)15(17)10-12-5-8-14(19)9-6-12/h5-6,8-9,11,13,15,19H,3-4,7,10,17H2,1-2H3. The molecule has 1 aromatic carbocycles. The van der Waals surface area contributed by atoms with Gasteiger partial charge in [0.1, 0.15) is 5.75 Å². The smallest absolute Gasteiger partial charge is 0.240 e. The van der Waals surface area contributed by atoms with Crippen molar-refractivity contribution in [3.63, 3.8) is 0 Å². The molecule has 4 heteroatoms. The second kappa shape index (κ2) is 6.27. The van der Waals surface area contributed by atoms with Gasteiger partial charge in [0.05, 0.1) is 6.04 Å². The number of phenols is 1. The van der Waals surface area contributed by atoms with E-state index in [4.69, 9.17) is 5.73 Å². The van der Waals surface area contributed by atoms with Crippen molar-refractivity contribution in [3.8, 4) is 5.75 Å². The van der Waals surface area contributed by atoms with Crippen molar-refractivity contribution in [2.75, 3.05) is 0 Å². The number of carbonyl (C=O) groups excluding carboxylic acids is 1. The lowest BCUT2D eigenvalue weighted by Crippen LogP contribution is -2.49. The third-order valence-corrected chi connectivity index (χ3v) is 4.22. The van der Waals surface area contributed by atoms with E-state index in [0.29, 0.717) is 18.5 Å². The maximum atomic E-state index is 12.5. The minimum atomic E-state index is -0.505. The number of likely N-dealkylation sites (tertiary alicyclic amines) is 1. The minimum Gasteiger partial charge on any atom is -0.508 e. The van der Waals surface area contributed by atoms with E-state index in [-0.39, 0.29) is 11.7 Å². The first-order chi connectivity index (χ1) is 9.52. The largest absolute Gasteiger partial charge is 0.508 e. The van der Waals surface area contributed by atoms with Crippen molar-refractivity contribution in [3.05, 3.63) is 29.8 Å². The highest BCUT2D eigenvalue weighted by molar-refractivity contribution is 5.82. The Morgan fingerprint density at radius 1 is 1.40 bits per heavy atom. The van der Waals surface area contributed by atoms with Crippen LogP contribution < -0.4 is 5.73 Å². The summed E-state index contributed by atoms with van der Waals surface area (Å²) in [6, 6.07) is 7.00. The Morgan fingerprint density at radius 3 is 2.65 bits per heavy atom. The van der Waals surface area contributed by atoms with Crippen LogP contribution in [0.25, 0.3) is 0 Å². The Morgan fingerprint density at radius 2 is 2.05 bits per heavy atom. The van der Waals surface area contributed by atoms with Gasteiger partial charge in [-0.05, 0) is 50.3 Å². The second-order valence-corrected chi connectivity index (χ2v) is 5.71. The molecule has 20 heavy (non-hydrogen) atoms. The molecule has 0 bridgehead atoms. The first-order valence-corrected chi connectivity index (χ1v) is 7.38. The predicted octanol–water partition coefficient (Wildman–Crippen LogP) is 2.05. The number of hydrogen-bond donors (Lipinski definition) is 2. The van der Waals surface area contributed by atoms with E-state index in [1.165, 1.54) is 0 Å². The van der Waals surface area contributed by atoms with Crippen LogP contribution in [0.1, 0.15) is 38.7 Å². The SMILES string of the molecule is CCC1CCC(C)N1C(=O)C(N)Cc1ccc(O)cc1. The number of hydrogen-bond acceptors (Lipinski definition) is 3. The van der Waals surface area contributed by atoms with Crippen LogP contribution in [0.3, 0.4) is 0 Å². The zero-order valence-electron chi connectivity index (χ0n) is 12.2. The summed E-state index contributed by atoms with van der Waals surface area (Å²) in [5, 5.41) is 9.27. The highest BCUT2D eigenvalue weighted by Crippen LogP contribution is 2.26. The Labute approximate surface area is 120 Å². The number of aromatic hydroxyl groups is 1. The van der Waals surface area contributed by atoms with Crippen molar-refractivity contribution < 1.29 is 9.90 Å². The van der Waals surface area contributed by atoms with Gasteiger partial charge in [-0.2, -0.15) is 0 Å². The number of rotatable bonds is 4. The fourth-order valence-corrected chi connectivity index (χ4v) is 3.03. The fraction of sp³-hybridized carbons (Fsp3) is 0.562. The zero-order chi connectivity index (χ0) is 14.7. The Hall–Kier alpha value is -1.55. The first-order valence-electron chi connectivity index (χ1n) is 7.38. The third-order valence-electron chi connectivity index (χ3n) is 4.22. The summed E-state index contributed by atoms with van der Waals surface area (Å²) < 4.78 is 0. The number of phenolic OH excluding ortho intramolecular Hbond substituents is 1. The predicted molar refractivity (Wildman–Crippen MR) is 79.4 cm³/mol. The van der Waals surface area contributed by atoms with Crippen molar-refractivity contribution in [2.24, 2.45) is 5.73 Å². The molecule has 1 saturated heterocycles. The van der Waals surface area contributed by atoms with Gasteiger partial charge in [0.2, 0.25) is 5.91 Å². The van der Waals surface area contributed by atoms with Gasteiger partial charge < -0.3 is 15.7 Å². The van der Waals surface area contributed by atoms with Gasteiger partial charge in [-0.15, -0.1) is 0 Å². The van der Waals surface area contributed by atoms with E-state index in [0.717, 1.165) is 24.8 Å². The van der Waals surface area contributed by atoms with Crippen LogP contribution >= 0.6 is 0 Å². The molecule has 1 fully saturated rings. The van der Waals surface area contributed by atoms with E-state index in [1.807, 2.05) is 17.0 Å². The first kappa shape index (κ1) is 14.9. The van der Waals surface area contributed by atoms with Crippen LogP contribution in [-0.2, 0) is 11.2 Å². The highest BCUT2D eigenvalue weighted by Gasteiger charge is 2.35. The highest BCUT2D eigenvalue weighted by atomic mass is 16.3. The van der Waals surface area contributed by atoms with Crippen molar-refractivity contribution in [2.45, 2.75) is 57.7 Å². The lowest BCUT2D eigenvalue weighted by Gasteiger charge is -2.30. The fourth-order valence-electron chi connectivity index (χ4n) is 3.03.